The maximum Gasteiger partial charge on any atom is 0.178 e. The van der Waals surface area contributed by atoms with Crippen molar-refractivity contribution >= 4 is 9.84 Å². The lowest BCUT2D eigenvalue weighted by Gasteiger charge is -2.08. The molecule has 0 aliphatic carbocycles. The second-order valence-electron chi connectivity index (χ2n) is 4.20. The van der Waals surface area contributed by atoms with Crippen molar-refractivity contribution in [2.45, 2.75) is 31.6 Å². The average Bonchev–Trinajstić information content (AvgIpc) is 2.40. The smallest absolute Gasteiger partial charge is 0.178 e. The number of ether oxygens (including phenoxy) is 1. The number of hydrogen-bond donors (Lipinski definition) is 0. The summed E-state index contributed by atoms with van der Waals surface area (Å²) in [7, 11) is -3.19. The van der Waals surface area contributed by atoms with Crippen LogP contribution in [0.4, 0.5) is 4.39 Å². The van der Waals surface area contributed by atoms with Crippen molar-refractivity contribution in [2.24, 2.45) is 0 Å². The number of hydrogen-bond acceptors (Lipinski definition) is 3. The standard InChI is InChI=1S/C14H19FO3S/c1-3-9-19(16,17)14-7-5-13(6-8-14)18-11-12(4-2)10-15/h5-8,10H,3-4,9,11H2,1-2H3/b12-10+. The Hall–Kier alpha value is -1.36. The monoisotopic (exact) mass is 286 g/mol. The lowest BCUT2D eigenvalue weighted by Crippen LogP contribution is -2.06. The number of rotatable bonds is 7. The first-order valence-corrected chi connectivity index (χ1v) is 7.92. The predicted molar refractivity (Wildman–Crippen MR) is 73.8 cm³/mol. The number of benzene rings is 1. The van der Waals surface area contributed by atoms with Gasteiger partial charge in [-0.3, -0.25) is 0 Å². The van der Waals surface area contributed by atoms with Crippen LogP contribution in [-0.4, -0.2) is 20.8 Å². The molecule has 0 amide bonds. The largest absolute Gasteiger partial charge is 0.489 e. The second kappa shape index (κ2) is 7.28. The van der Waals surface area contributed by atoms with Crippen molar-refractivity contribution in [2.75, 3.05) is 12.4 Å². The first kappa shape index (κ1) is 15.7. The Labute approximate surface area is 114 Å². The van der Waals surface area contributed by atoms with Gasteiger partial charge in [-0.1, -0.05) is 13.8 Å². The van der Waals surface area contributed by atoms with E-state index in [-0.39, 0.29) is 12.4 Å². The van der Waals surface area contributed by atoms with Crippen LogP contribution < -0.4 is 4.74 Å². The molecule has 106 valence electrons. The van der Waals surface area contributed by atoms with Crippen molar-refractivity contribution < 1.29 is 17.5 Å². The van der Waals surface area contributed by atoms with Crippen LogP contribution >= 0.6 is 0 Å². The third kappa shape index (κ3) is 4.67. The minimum absolute atomic E-state index is 0.137. The highest BCUT2D eigenvalue weighted by Crippen LogP contribution is 2.18. The molecule has 0 spiro atoms. The molecule has 5 heteroatoms. The van der Waals surface area contributed by atoms with Gasteiger partial charge in [0.15, 0.2) is 9.84 Å². The summed E-state index contributed by atoms with van der Waals surface area (Å²) in [6, 6.07) is 6.22. The van der Waals surface area contributed by atoms with Crippen molar-refractivity contribution in [1.82, 2.24) is 0 Å². The Morgan fingerprint density at radius 3 is 2.37 bits per heavy atom. The molecule has 0 N–H and O–H groups in total. The third-order valence-electron chi connectivity index (χ3n) is 2.69. The zero-order valence-corrected chi connectivity index (χ0v) is 12.0. The van der Waals surface area contributed by atoms with E-state index in [0.717, 1.165) is 0 Å². The fraction of sp³-hybridized carbons (Fsp3) is 0.429. The van der Waals surface area contributed by atoms with Crippen molar-refractivity contribution in [3.05, 3.63) is 36.2 Å². The van der Waals surface area contributed by atoms with Gasteiger partial charge in [-0.2, -0.15) is 0 Å². The Kier molecular flexibility index (Phi) is 6.02. The normalized spacial score (nSPS) is 12.5. The minimum Gasteiger partial charge on any atom is -0.489 e. The highest BCUT2D eigenvalue weighted by atomic mass is 32.2. The van der Waals surface area contributed by atoms with E-state index in [2.05, 4.69) is 0 Å². The molecule has 0 aliphatic rings. The van der Waals surface area contributed by atoms with Crippen molar-refractivity contribution in [3.8, 4) is 5.75 Å². The highest BCUT2D eigenvalue weighted by Gasteiger charge is 2.12. The zero-order valence-electron chi connectivity index (χ0n) is 11.2. The van der Waals surface area contributed by atoms with Crippen LogP contribution in [0.5, 0.6) is 5.75 Å². The van der Waals surface area contributed by atoms with E-state index >= 15 is 0 Å². The Balaban J connectivity index is 2.72. The van der Waals surface area contributed by atoms with Gasteiger partial charge in [-0.15, -0.1) is 0 Å². The molecule has 0 aromatic heterocycles. The lowest BCUT2D eigenvalue weighted by molar-refractivity contribution is 0.345. The molecule has 0 saturated carbocycles. The van der Waals surface area contributed by atoms with E-state index in [9.17, 15) is 12.8 Å². The molecule has 0 saturated heterocycles. The molecule has 0 radical (unpaired) electrons. The Morgan fingerprint density at radius 2 is 1.89 bits per heavy atom. The quantitative estimate of drug-likeness (QED) is 0.770. The summed E-state index contributed by atoms with van der Waals surface area (Å²) in [5.74, 6) is 0.667. The topological polar surface area (TPSA) is 43.4 Å². The molecule has 1 aromatic carbocycles. The van der Waals surface area contributed by atoms with Gasteiger partial charge in [-0.25, -0.2) is 12.8 Å². The van der Waals surface area contributed by atoms with E-state index in [1.54, 1.807) is 12.1 Å². The SMILES string of the molecule is CCCS(=O)(=O)c1ccc(OC/C(=C/F)CC)cc1. The lowest BCUT2D eigenvalue weighted by atomic mass is 10.2. The number of halogens is 1. The maximum atomic E-state index is 12.3. The summed E-state index contributed by atoms with van der Waals surface area (Å²) in [5.41, 5.74) is 0.558. The highest BCUT2D eigenvalue weighted by molar-refractivity contribution is 7.91. The van der Waals surface area contributed by atoms with Crippen LogP contribution in [0.3, 0.4) is 0 Å². The second-order valence-corrected chi connectivity index (χ2v) is 6.31. The van der Waals surface area contributed by atoms with Crippen LogP contribution in [0.2, 0.25) is 0 Å². The van der Waals surface area contributed by atoms with Gasteiger partial charge in [0, 0.05) is 0 Å². The van der Waals surface area contributed by atoms with E-state index in [1.807, 2.05) is 13.8 Å². The molecule has 0 unspecified atom stereocenters. The summed E-state index contributed by atoms with van der Waals surface area (Å²) < 4.78 is 41.3. The van der Waals surface area contributed by atoms with Crippen LogP contribution in [0.15, 0.2) is 41.1 Å². The van der Waals surface area contributed by atoms with Crippen molar-refractivity contribution in [3.63, 3.8) is 0 Å². The first-order valence-electron chi connectivity index (χ1n) is 6.27. The molecule has 0 fully saturated rings. The average molecular weight is 286 g/mol. The van der Waals surface area contributed by atoms with E-state index in [4.69, 9.17) is 4.74 Å². The van der Waals surface area contributed by atoms with Crippen molar-refractivity contribution in [1.29, 1.82) is 0 Å². The van der Waals surface area contributed by atoms with Gasteiger partial charge in [0.2, 0.25) is 0 Å². The molecule has 0 aliphatic heterocycles. The van der Waals surface area contributed by atoms with Gasteiger partial charge < -0.3 is 4.74 Å². The molecule has 0 atom stereocenters. The summed E-state index contributed by atoms with van der Waals surface area (Å²) in [6.45, 7) is 3.84. The molecule has 1 rings (SSSR count). The van der Waals surface area contributed by atoms with Crippen LogP contribution in [-0.2, 0) is 9.84 Å². The van der Waals surface area contributed by atoms with E-state index < -0.39 is 9.84 Å². The maximum absolute atomic E-state index is 12.3. The van der Waals surface area contributed by atoms with Crippen LogP contribution in [0, 0.1) is 0 Å². The van der Waals surface area contributed by atoms with Gasteiger partial charge in [0.25, 0.3) is 0 Å². The Morgan fingerprint density at radius 1 is 1.26 bits per heavy atom. The van der Waals surface area contributed by atoms with E-state index in [0.29, 0.717) is 35.4 Å². The molecule has 0 bridgehead atoms. The van der Waals surface area contributed by atoms with Gasteiger partial charge >= 0.3 is 0 Å². The summed E-state index contributed by atoms with van der Waals surface area (Å²) in [5, 5.41) is 0. The van der Waals surface area contributed by atoms with Gasteiger partial charge in [0.1, 0.15) is 12.4 Å². The summed E-state index contributed by atoms with van der Waals surface area (Å²) in [4.78, 5) is 0.290. The molecule has 3 nitrogen and oxygen atoms in total. The molecule has 1 aromatic rings. The molecular weight excluding hydrogens is 267 g/mol. The van der Waals surface area contributed by atoms with Gasteiger partial charge in [0.05, 0.1) is 17.0 Å². The summed E-state index contributed by atoms with van der Waals surface area (Å²) in [6.07, 6.45) is 1.71. The fourth-order valence-corrected chi connectivity index (χ4v) is 2.84. The number of sulfone groups is 1. The predicted octanol–water partition coefficient (Wildman–Crippen LogP) is 3.51. The first-order chi connectivity index (χ1) is 9.03. The van der Waals surface area contributed by atoms with Gasteiger partial charge in [-0.05, 0) is 42.7 Å². The third-order valence-corrected chi connectivity index (χ3v) is 4.62. The molecule has 19 heavy (non-hydrogen) atoms. The molecule has 0 heterocycles. The minimum atomic E-state index is -3.19. The fourth-order valence-electron chi connectivity index (χ4n) is 1.52. The molecular formula is C14H19FO3S. The van der Waals surface area contributed by atoms with E-state index in [1.165, 1.54) is 12.1 Å². The Bertz CT molecular complexity index is 518. The zero-order chi connectivity index (χ0) is 14.3. The van der Waals surface area contributed by atoms with Crippen LogP contribution in [0.1, 0.15) is 26.7 Å². The van der Waals surface area contributed by atoms with Crippen LogP contribution in [0.25, 0.3) is 0 Å². The summed E-state index contributed by atoms with van der Waals surface area (Å²) >= 11 is 0.